The van der Waals surface area contributed by atoms with Crippen molar-refractivity contribution in [2.24, 2.45) is 0 Å². The van der Waals surface area contributed by atoms with Crippen LogP contribution >= 0.6 is 0 Å². The number of aromatic nitrogens is 2. The molecule has 0 bridgehead atoms. The molecule has 0 aliphatic carbocycles. The van der Waals surface area contributed by atoms with Gasteiger partial charge in [-0.1, -0.05) is 0 Å². The minimum Gasteiger partial charge on any atom is -0.481 e. The molecule has 0 saturated carbocycles. The Hall–Kier alpha value is -4.07. The lowest BCUT2D eigenvalue weighted by molar-refractivity contribution is -0.135. The molecule has 4 amide bonds. The van der Waals surface area contributed by atoms with Crippen molar-refractivity contribution in [1.82, 2.24) is 19.6 Å². The zero-order chi connectivity index (χ0) is 24.1. The second kappa shape index (κ2) is 9.82. The third-order valence-electron chi connectivity index (χ3n) is 3.83. The lowest BCUT2D eigenvalue weighted by Gasteiger charge is -2.15. The smallest absolute Gasteiger partial charge is 0.323 e. The van der Waals surface area contributed by atoms with Gasteiger partial charge in [0.05, 0.1) is 12.7 Å². The van der Waals surface area contributed by atoms with E-state index in [0.29, 0.717) is 12.1 Å². The van der Waals surface area contributed by atoms with Gasteiger partial charge < -0.3 is 15.0 Å². The first-order valence-corrected chi connectivity index (χ1v) is 10.3. The molecule has 1 heterocycles. The Morgan fingerprint density at radius 3 is 2.38 bits per heavy atom. The number of hydrogen-bond donors (Lipinski definition) is 3. The first kappa shape index (κ1) is 24.2. The number of carbonyl (C=O) groups is 4. The number of benzene rings is 1. The molecule has 1 aromatic carbocycles. The summed E-state index contributed by atoms with van der Waals surface area (Å²) < 4.78 is 32.1. The quantitative estimate of drug-likeness (QED) is 0.360. The summed E-state index contributed by atoms with van der Waals surface area (Å²) in [5.41, 5.74) is 0.193. The minimum absolute atomic E-state index is 0.0489. The number of hydrogen-bond acceptors (Lipinski definition) is 9. The van der Waals surface area contributed by atoms with Gasteiger partial charge in [-0.05, 0) is 25.1 Å². The predicted molar refractivity (Wildman–Crippen MR) is 111 cm³/mol. The van der Waals surface area contributed by atoms with Crippen LogP contribution in [0.5, 0.6) is 5.88 Å². The molecule has 170 valence electrons. The molecule has 0 aliphatic rings. The maximum Gasteiger partial charge on any atom is 0.323 e. The highest BCUT2D eigenvalue weighted by Gasteiger charge is 2.28. The van der Waals surface area contributed by atoms with Crippen LogP contribution in [0.15, 0.2) is 29.2 Å². The number of amides is 4. The second-order valence-electron chi connectivity index (χ2n) is 6.44. The lowest BCUT2D eigenvalue weighted by Crippen LogP contribution is -2.40. The molecule has 0 spiro atoms. The van der Waals surface area contributed by atoms with Crippen LogP contribution in [-0.4, -0.2) is 68.6 Å². The summed E-state index contributed by atoms with van der Waals surface area (Å²) in [5, 5.41) is 4.32. The van der Waals surface area contributed by atoms with Crippen molar-refractivity contribution in [2.45, 2.75) is 11.8 Å². The summed E-state index contributed by atoms with van der Waals surface area (Å²) in [4.78, 5) is 55.8. The van der Waals surface area contributed by atoms with Crippen LogP contribution in [-0.2, 0) is 24.4 Å². The van der Waals surface area contributed by atoms with E-state index in [1.165, 1.54) is 39.4 Å². The van der Waals surface area contributed by atoms with Crippen molar-refractivity contribution in [2.75, 3.05) is 31.8 Å². The van der Waals surface area contributed by atoms with Crippen molar-refractivity contribution in [1.29, 1.82) is 0 Å². The van der Waals surface area contributed by atoms with Gasteiger partial charge in [0.15, 0.2) is 0 Å². The van der Waals surface area contributed by atoms with Crippen LogP contribution in [0, 0.1) is 6.92 Å². The molecule has 0 atom stereocenters. The molecule has 0 saturated heterocycles. The predicted octanol–water partition coefficient (Wildman–Crippen LogP) is -0.493. The Morgan fingerprint density at radius 1 is 1.09 bits per heavy atom. The highest BCUT2D eigenvalue weighted by molar-refractivity contribution is 7.90. The summed E-state index contributed by atoms with van der Waals surface area (Å²) >= 11 is 0. The highest BCUT2D eigenvalue weighted by Crippen LogP contribution is 2.22. The van der Waals surface area contributed by atoms with Gasteiger partial charge >= 0.3 is 11.8 Å². The van der Waals surface area contributed by atoms with Gasteiger partial charge in [-0.15, -0.1) is 0 Å². The normalized spacial score (nSPS) is 10.6. The molecule has 1 aromatic heterocycles. The van der Waals surface area contributed by atoms with E-state index in [0.717, 1.165) is 11.0 Å². The molecular formula is C18H20N6O7S. The van der Waals surface area contributed by atoms with Crippen molar-refractivity contribution >= 4 is 45.8 Å². The first-order valence-electron chi connectivity index (χ1n) is 8.82. The second-order valence-corrected chi connectivity index (χ2v) is 8.09. The number of carbonyl (C=O) groups excluding carboxylic acids is 4. The summed E-state index contributed by atoms with van der Waals surface area (Å²) in [6.07, 6.45) is 0.307. The Balaban J connectivity index is 2.33. The summed E-state index contributed by atoms with van der Waals surface area (Å²) in [6, 6.07) is 4.93. The molecule has 13 nitrogen and oxygen atoms in total. The monoisotopic (exact) mass is 464 g/mol. The van der Waals surface area contributed by atoms with Gasteiger partial charge in [0.2, 0.25) is 18.2 Å². The van der Waals surface area contributed by atoms with Gasteiger partial charge in [0, 0.05) is 31.5 Å². The van der Waals surface area contributed by atoms with E-state index in [4.69, 9.17) is 4.74 Å². The van der Waals surface area contributed by atoms with Crippen molar-refractivity contribution < 1.29 is 32.3 Å². The molecule has 0 unspecified atom stereocenters. The Kier molecular flexibility index (Phi) is 7.43. The molecule has 0 aliphatic heterocycles. The molecule has 3 N–H and O–H groups in total. The molecular weight excluding hydrogens is 444 g/mol. The fourth-order valence-electron chi connectivity index (χ4n) is 2.40. The molecule has 0 radical (unpaired) electrons. The lowest BCUT2D eigenvalue weighted by atomic mass is 10.2. The minimum atomic E-state index is -4.70. The van der Waals surface area contributed by atoms with E-state index in [9.17, 15) is 27.6 Å². The van der Waals surface area contributed by atoms with Crippen molar-refractivity contribution in [3.63, 3.8) is 0 Å². The topological polar surface area (TPSA) is 177 Å². The van der Waals surface area contributed by atoms with Crippen LogP contribution < -0.4 is 20.1 Å². The van der Waals surface area contributed by atoms with Crippen LogP contribution in [0.3, 0.4) is 0 Å². The summed E-state index contributed by atoms with van der Waals surface area (Å²) in [6.45, 7) is 1.59. The molecule has 2 aromatic rings. The number of anilines is 2. The molecule has 32 heavy (non-hydrogen) atoms. The standard InChI is InChI=1S/C18H20N6O7S/c1-10-7-14(31-4)21-18(20-10)22-15(26)16(27)23-32(29,30)13-8-11(19-9-25)5-6-12(13)17(28)24(2)3/h5-9H,1-4H3,(H,19,25)(H,23,27)(H,20,21,22,26). The zero-order valence-electron chi connectivity index (χ0n) is 17.5. The Labute approximate surface area is 183 Å². The fraction of sp³-hybridized carbons (Fsp3) is 0.222. The van der Waals surface area contributed by atoms with Crippen LogP contribution in [0.4, 0.5) is 11.6 Å². The number of aryl methyl sites for hydroxylation is 1. The SMILES string of the molecule is COc1cc(C)nc(NC(=O)C(=O)NS(=O)(=O)c2cc(NC=O)ccc2C(=O)N(C)C)n1. The number of methoxy groups -OCH3 is 1. The van der Waals surface area contributed by atoms with Gasteiger partial charge in [-0.2, -0.15) is 4.98 Å². The Bertz CT molecular complexity index is 1180. The van der Waals surface area contributed by atoms with Gasteiger partial charge in [0.1, 0.15) is 4.90 Å². The third kappa shape index (κ3) is 5.75. The van der Waals surface area contributed by atoms with E-state index in [1.54, 1.807) is 11.6 Å². The largest absolute Gasteiger partial charge is 0.481 e. The van der Waals surface area contributed by atoms with E-state index >= 15 is 0 Å². The van der Waals surface area contributed by atoms with Crippen LogP contribution in [0.2, 0.25) is 0 Å². The molecule has 2 rings (SSSR count). The van der Waals surface area contributed by atoms with Crippen LogP contribution in [0.1, 0.15) is 16.1 Å². The fourth-order valence-corrected chi connectivity index (χ4v) is 3.58. The van der Waals surface area contributed by atoms with Crippen molar-refractivity contribution in [3.8, 4) is 5.88 Å². The number of nitrogens with one attached hydrogen (secondary N) is 3. The average Bonchev–Trinajstić information content (AvgIpc) is 2.72. The maximum absolute atomic E-state index is 12.8. The van der Waals surface area contributed by atoms with Crippen molar-refractivity contribution in [3.05, 3.63) is 35.5 Å². The van der Waals surface area contributed by atoms with E-state index in [1.807, 2.05) is 0 Å². The Morgan fingerprint density at radius 2 is 1.78 bits per heavy atom. The number of rotatable bonds is 7. The number of sulfonamides is 1. The third-order valence-corrected chi connectivity index (χ3v) is 5.20. The summed E-state index contributed by atoms with van der Waals surface area (Å²) in [7, 11) is -0.554. The maximum atomic E-state index is 12.8. The molecule has 0 fully saturated rings. The van der Waals surface area contributed by atoms with E-state index in [2.05, 4.69) is 20.6 Å². The highest BCUT2D eigenvalue weighted by atomic mass is 32.2. The average molecular weight is 464 g/mol. The molecule has 14 heteroatoms. The van der Waals surface area contributed by atoms with Gasteiger partial charge in [0.25, 0.3) is 15.9 Å². The summed E-state index contributed by atoms with van der Waals surface area (Å²) in [5.74, 6) is -3.76. The van der Waals surface area contributed by atoms with Crippen LogP contribution in [0.25, 0.3) is 0 Å². The van der Waals surface area contributed by atoms with Gasteiger partial charge in [-0.25, -0.2) is 18.1 Å². The van der Waals surface area contributed by atoms with E-state index in [-0.39, 0.29) is 23.1 Å². The number of nitrogens with zero attached hydrogens (tertiary/aromatic N) is 3. The zero-order valence-corrected chi connectivity index (χ0v) is 18.3. The number of ether oxygens (including phenoxy) is 1. The first-order chi connectivity index (χ1) is 15.0. The van der Waals surface area contributed by atoms with E-state index < -0.39 is 32.6 Å². The van der Waals surface area contributed by atoms with Gasteiger partial charge in [-0.3, -0.25) is 24.5 Å².